The van der Waals surface area contributed by atoms with Crippen LogP contribution in [0.15, 0.2) is 24.3 Å². The Kier molecular flexibility index (Phi) is 2.04. The highest BCUT2D eigenvalue weighted by Crippen LogP contribution is 2.32. The minimum Gasteiger partial charge on any atom is -0.268 e. The zero-order valence-electron chi connectivity index (χ0n) is 7.21. The molecule has 0 aliphatic carbocycles. The molecule has 6 heteroatoms. The Balaban J connectivity index is 2.55. The fraction of sp³-hybridized carbons (Fsp3) is 0.111. The Hall–Kier alpha value is -1.43. The molecule has 1 aliphatic rings. The molecule has 1 aliphatic heterocycles. The Morgan fingerprint density at radius 1 is 1.13 bits per heavy atom. The molecule has 0 spiro atoms. The lowest BCUT2D eigenvalue weighted by molar-refractivity contribution is -0.198. The van der Waals surface area contributed by atoms with Crippen molar-refractivity contribution in [3.05, 3.63) is 35.4 Å². The Morgan fingerprint density at radius 2 is 1.67 bits per heavy atom. The lowest BCUT2D eigenvalue weighted by Crippen LogP contribution is -2.41. The quantitative estimate of drug-likeness (QED) is 0.504. The number of amides is 1. The minimum atomic E-state index is -4.76. The van der Waals surface area contributed by atoms with Crippen LogP contribution in [0, 0.1) is 0 Å². The van der Waals surface area contributed by atoms with Crippen LogP contribution in [0.4, 0.5) is 13.2 Å². The highest BCUT2D eigenvalue weighted by molar-refractivity contribution is 7.80. The summed E-state index contributed by atoms with van der Waals surface area (Å²) in [5.41, 5.74) is 0.162. The predicted octanol–water partition coefficient (Wildman–Crippen LogP) is 2.34. The number of halogens is 3. The molecule has 0 unspecified atom stereocenters. The molecule has 78 valence electrons. The van der Waals surface area contributed by atoms with Crippen molar-refractivity contribution in [2.75, 3.05) is 0 Å². The zero-order chi connectivity index (χ0) is 11.2. The van der Waals surface area contributed by atoms with E-state index in [2.05, 4.69) is 12.2 Å². The van der Waals surface area contributed by atoms with Crippen molar-refractivity contribution in [1.82, 2.24) is 4.90 Å². The third-order valence-corrected chi connectivity index (χ3v) is 2.45. The van der Waals surface area contributed by atoms with Gasteiger partial charge in [-0.1, -0.05) is 30.4 Å². The van der Waals surface area contributed by atoms with Crippen LogP contribution >= 0.6 is 12.2 Å². The van der Waals surface area contributed by atoms with E-state index in [9.17, 15) is 18.0 Å². The number of hydrogen-bond donors (Lipinski definition) is 0. The van der Waals surface area contributed by atoms with Crippen molar-refractivity contribution in [3.8, 4) is 0 Å². The summed E-state index contributed by atoms with van der Waals surface area (Å²) in [5, 5.41) is 0. The summed E-state index contributed by atoms with van der Waals surface area (Å²) in [7, 11) is 0. The van der Waals surface area contributed by atoms with E-state index < -0.39 is 17.2 Å². The first-order chi connectivity index (χ1) is 6.93. The van der Waals surface area contributed by atoms with E-state index >= 15 is 0 Å². The number of benzene rings is 1. The molecular weight excluding hydrogens is 227 g/mol. The third kappa shape index (κ3) is 1.41. The molecule has 1 aromatic rings. The topological polar surface area (TPSA) is 20.3 Å². The van der Waals surface area contributed by atoms with Crippen molar-refractivity contribution in [2.24, 2.45) is 0 Å². The van der Waals surface area contributed by atoms with Crippen molar-refractivity contribution in [1.29, 1.82) is 0 Å². The van der Waals surface area contributed by atoms with E-state index in [1.807, 2.05) is 0 Å². The summed E-state index contributed by atoms with van der Waals surface area (Å²) in [4.78, 5) is 10.6. The Morgan fingerprint density at radius 3 is 2.13 bits per heavy atom. The summed E-state index contributed by atoms with van der Waals surface area (Å²) in [6.07, 6.45) is -4.76. The van der Waals surface area contributed by atoms with Crippen molar-refractivity contribution in [2.45, 2.75) is 6.30 Å². The number of thiocarbonyl (C=S) groups is 1. The number of alkyl halides is 3. The first kappa shape index (κ1) is 10.1. The SMILES string of the molecule is O=C1c2ccccc2C(=S)N1C(F)(F)F. The van der Waals surface area contributed by atoms with Crippen LogP contribution in [0.25, 0.3) is 0 Å². The smallest absolute Gasteiger partial charge is 0.268 e. The number of rotatable bonds is 0. The van der Waals surface area contributed by atoms with Gasteiger partial charge in [0, 0.05) is 5.56 Å². The minimum absolute atomic E-state index is 0.000162. The molecule has 15 heavy (non-hydrogen) atoms. The molecule has 1 amide bonds. The molecule has 2 rings (SSSR count). The Labute approximate surface area is 88.3 Å². The first-order valence-electron chi connectivity index (χ1n) is 3.97. The second-order valence-corrected chi connectivity index (χ2v) is 3.35. The number of hydrogen-bond acceptors (Lipinski definition) is 2. The molecule has 2 nitrogen and oxygen atoms in total. The molecule has 0 fully saturated rings. The van der Waals surface area contributed by atoms with E-state index in [1.54, 1.807) is 0 Å². The van der Waals surface area contributed by atoms with E-state index in [0.29, 0.717) is 0 Å². The van der Waals surface area contributed by atoms with Crippen LogP contribution in [0.5, 0.6) is 0 Å². The number of carbonyl (C=O) groups excluding carboxylic acids is 1. The third-order valence-electron chi connectivity index (χ3n) is 2.05. The van der Waals surface area contributed by atoms with Crippen molar-refractivity contribution in [3.63, 3.8) is 0 Å². The monoisotopic (exact) mass is 231 g/mol. The molecule has 1 aromatic carbocycles. The maximum Gasteiger partial charge on any atom is 0.492 e. The van der Waals surface area contributed by atoms with Gasteiger partial charge in [-0.05, 0) is 6.07 Å². The predicted molar refractivity (Wildman–Crippen MR) is 50.4 cm³/mol. The lowest BCUT2D eigenvalue weighted by atomic mass is 10.1. The van der Waals surface area contributed by atoms with Crippen LogP contribution < -0.4 is 0 Å². The first-order valence-corrected chi connectivity index (χ1v) is 4.38. The van der Waals surface area contributed by atoms with Gasteiger partial charge < -0.3 is 0 Å². The molecule has 0 saturated heterocycles. The standard InChI is InChI=1S/C9H4F3NOS/c10-9(11,12)13-7(14)5-3-1-2-4-6(5)8(13)15/h1-4H. The zero-order valence-corrected chi connectivity index (χ0v) is 8.02. The molecule has 0 aromatic heterocycles. The van der Waals surface area contributed by atoms with Crippen molar-refractivity contribution < 1.29 is 18.0 Å². The average molecular weight is 231 g/mol. The van der Waals surface area contributed by atoms with Crippen LogP contribution in [-0.4, -0.2) is 22.1 Å². The fourth-order valence-electron chi connectivity index (χ4n) is 1.42. The summed E-state index contributed by atoms with van der Waals surface area (Å²) in [6.45, 7) is 0. The summed E-state index contributed by atoms with van der Waals surface area (Å²) in [6, 6.07) is 5.77. The molecule has 0 radical (unpaired) electrons. The summed E-state index contributed by atoms with van der Waals surface area (Å²) in [5.74, 6) is -1.11. The second-order valence-electron chi connectivity index (χ2n) is 2.96. The molecule has 0 N–H and O–H groups in total. The molecule has 1 heterocycles. The Bertz CT molecular complexity index is 420. The van der Waals surface area contributed by atoms with Gasteiger partial charge in [-0.3, -0.25) is 4.79 Å². The van der Waals surface area contributed by atoms with Gasteiger partial charge in [-0.15, -0.1) is 13.2 Å². The number of nitrogens with zero attached hydrogens (tertiary/aromatic N) is 1. The van der Waals surface area contributed by atoms with Crippen LogP contribution in [0.3, 0.4) is 0 Å². The normalized spacial score (nSPS) is 15.8. The van der Waals surface area contributed by atoms with E-state index in [4.69, 9.17) is 0 Å². The van der Waals surface area contributed by atoms with Gasteiger partial charge in [0.15, 0.2) is 0 Å². The summed E-state index contributed by atoms with van der Waals surface area (Å²) < 4.78 is 37.3. The van der Waals surface area contributed by atoms with Crippen LogP contribution in [-0.2, 0) is 0 Å². The molecule has 0 bridgehead atoms. The molecule has 0 saturated carbocycles. The molecule has 0 atom stereocenters. The highest BCUT2D eigenvalue weighted by atomic mass is 32.1. The van der Waals surface area contributed by atoms with Gasteiger partial charge in [0.2, 0.25) is 0 Å². The van der Waals surface area contributed by atoms with Crippen molar-refractivity contribution >= 4 is 23.1 Å². The summed E-state index contributed by atoms with van der Waals surface area (Å²) >= 11 is 4.61. The van der Waals surface area contributed by atoms with Gasteiger partial charge >= 0.3 is 6.30 Å². The number of fused-ring (bicyclic) bond motifs is 1. The van der Waals surface area contributed by atoms with Gasteiger partial charge in [-0.25, -0.2) is 4.90 Å². The van der Waals surface area contributed by atoms with Gasteiger partial charge in [-0.2, -0.15) is 0 Å². The van der Waals surface area contributed by atoms with E-state index in [0.717, 1.165) is 0 Å². The van der Waals surface area contributed by atoms with Gasteiger partial charge in [0.1, 0.15) is 4.99 Å². The fourth-order valence-corrected chi connectivity index (χ4v) is 1.78. The maximum absolute atomic E-state index is 12.4. The maximum atomic E-state index is 12.4. The second kappa shape index (κ2) is 3.03. The van der Waals surface area contributed by atoms with E-state index in [-0.39, 0.29) is 16.0 Å². The van der Waals surface area contributed by atoms with Crippen LogP contribution in [0.1, 0.15) is 15.9 Å². The van der Waals surface area contributed by atoms with E-state index in [1.165, 1.54) is 24.3 Å². The lowest BCUT2D eigenvalue weighted by Gasteiger charge is -2.18. The molecular formula is C9H4F3NOS. The van der Waals surface area contributed by atoms with Gasteiger partial charge in [0.25, 0.3) is 5.91 Å². The van der Waals surface area contributed by atoms with Gasteiger partial charge in [0.05, 0.1) is 5.56 Å². The highest BCUT2D eigenvalue weighted by Gasteiger charge is 2.49. The largest absolute Gasteiger partial charge is 0.492 e. The van der Waals surface area contributed by atoms with Crippen LogP contribution in [0.2, 0.25) is 0 Å². The average Bonchev–Trinajstić information content (AvgIpc) is 2.39. The number of carbonyl (C=O) groups is 1.